The fraction of sp³-hybridized carbons (Fsp3) is 0.714. The summed E-state index contributed by atoms with van der Waals surface area (Å²) in [7, 11) is 0. The molecule has 0 N–H and O–H groups in total. The van der Waals surface area contributed by atoms with Crippen LogP contribution in [-0.2, 0) is 16.1 Å². The summed E-state index contributed by atoms with van der Waals surface area (Å²) in [6, 6.07) is 1.80. The lowest BCUT2D eigenvalue weighted by atomic mass is 10.2. The first-order valence-corrected chi connectivity index (χ1v) is 7.58. The van der Waals surface area contributed by atoms with Crippen molar-refractivity contribution in [1.29, 1.82) is 0 Å². The third kappa shape index (κ3) is 4.30. The van der Waals surface area contributed by atoms with E-state index in [2.05, 4.69) is 21.8 Å². The van der Waals surface area contributed by atoms with Crippen LogP contribution in [0.4, 0.5) is 5.82 Å². The quantitative estimate of drug-likeness (QED) is 0.724. The molecule has 20 heavy (non-hydrogen) atoms. The molecule has 0 aromatic carbocycles. The van der Waals surface area contributed by atoms with Crippen LogP contribution in [0.3, 0.4) is 0 Å². The molecule has 1 aliphatic rings. The maximum Gasteiger partial charge on any atom is 0.158 e. The van der Waals surface area contributed by atoms with Gasteiger partial charge in [0.2, 0.25) is 0 Å². The molecule has 0 amide bonds. The van der Waals surface area contributed by atoms with Crippen LogP contribution in [0.5, 0.6) is 0 Å². The zero-order valence-electron chi connectivity index (χ0n) is 12.1. The smallest absolute Gasteiger partial charge is 0.158 e. The van der Waals surface area contributed by atoms with Crippen LogP contribution in [0.25, 0.3) is 0 Å². The van der Waals surface area contributed by atoms with E-state index in [9.17, 15) is 0 Å². The van der Waals surface area contributed by atoms with Crippen molar-refractivity contribution in [3.8, 4) is 0 Å². The fourth-order valence-electron chi connectivity index (χ4n) is 2.29. The summed E-state index contributed by atoms with van der Waals surface area (Å²) in [5, 5.41) is 0.454. The van der Waals surface area contributed by atoms with E-state index >= 15 is 0 Å². The van der Waals surface area contributed by atoms with Crippen LogP contribution in [0.1, 0.15) is 32.5 Å². The van der Waals surface area contributed by atoms with E-state index in [1.54, 1.807) is 6.07 Å². The van der Waals surface area contributed by atoms with Crippen molar-refractivity contribution in [2.24, 2.45) is 0 Å². The first kappa shape index (κ1) is 15.5. The molecule has 2 rings (SSSR count). The Morgan fingerprint density at radius 3 is 2.95 bits per heavy atom. The summed E-state index contributed by atoms with van der Waals surface area (Å²) >= 11 is 6.08. The van der Waals surface area contributed by atoms with Gasteiger partial charge in [0.05, 0.1) is 6.10 Å². The summed E-state index contributed by atoms with van der Waals surface area (Å²) in [5.41, 5.74) is 0. The maximum absolute atomic E-state index is 6.08. The van der Waals surface area contributed by atoms with Crippen molar-refractivity contribution in [1.82, 2.24) is 9.97 Å². The number of anilines is 1. The molecule has 112 valence electrons. The van der Waals surface area contributed by atoms with Gasteiger partial charge in [0, 0.05) is 32.4 Å². The molecule has 0 aliphatic carbocycles. The van der Waals surface area contributed by atoms with Gasteiger partial charge in [-0.2, -0.15) is 0 Å². The van der Waals surface area contributed by atoms with Crippen molar-refractivity contribution in [3.05, 3.63) is 17.0 Å². The minimum Gasteiger partial charge on any atom is -0.376 e. The highest BCUT2D eigenvalue weighted by molar-refractivity contribution is 6.29. The van der Waals surface area contributed by atoms with E-state index in [0.717, 1.165) is 38.4 Å². The predicted octanol–water partition coefficient (Wildman–Crippen LogP) is 2.67. The van der Waals surface area contributed by atoms with Gasteiger partial charge in [0.25, 0.3) is 0 Å². The Balaban J connectivity index is 2.08. The van der Waals surface area contributed by atoms with Gasteiger partial charge in [0.1, 0.15) is 17.6 Å². The van der Waals surface area contributed by atoms with Crippen LogP contribution in [0, 0.1) is 0 Å². The lowest BCUT2D eigenvalue weighted by molar-refractivity contribution is 0.115. The van der Waals surface area contributed by atoms with Crippen LogP contribution in [0.15, 0.2) is 6.07 Å². The van der Waals surface area contributed by atoms with Gasteiger partial charge in [-0.05, 0) is 26.7 Å². The maximum atomic E-state index is 6.08. The summed E-state index contributed by atoms with van der Waals surface area (Å²) in [5.74, 6) is 1.47. The van der Waals surface area contributed by atoms with E-state index in [1.165, 1.54) is 0 Å². The summed E-state index contributed by atoms with van der Waals surface area (Å²) in [6.07, 6.45) is 2.54. The monoisotopic (exact) mass is 299 g/mol. The molecule has 1 fully saturated rings. The standard InChI is InChI=1S/C14H22ClN3O2/c1-3-18(9-11-6-5-7-20-11)14-8-12(15)16-13(17-14)10-19-4-2/h8,11H,3-7,9-10H2,1-2H3. The first-order chi connectivity index (χ1) is 9.72. The fourth-order valence-corrected chi connectivity index (χ4v) is 2.49. The van der Waals surface area contributed by atoms with E-state index in [0.29, 0.717) is 30.3 Å². The summed E-state index contributed by atoms with van der Waals surface area (Å²) in [6.45, 7) is 7.65. The molecule has 6 heteroatoms. The minimum atomic E-state index is 0.291. The Morgan fingerprint density at radius 1 is 1.45 bits per heavy atom. The largest absolute Gasteiger partial charge is 0.376 e. The van der Waals surface area contributed by atoms with E-state index in [1.807, 2.05) is 6.92 Å². The summed E-state index contributed by atoms with van der Waals surface area (Å²) in [4.78, 5) is 10.9. The van der Waals surface area contributed by atoms with Crippen molar-refractivity contribution in [3.63, 3.8) is 0 Å². The molecule has 1 aromatic rings. The molecule has 1 atom stereocenters. The molecule has 0 radical (unpaired) electrons. The van der Waals surface area contributed by atoms with E-state index in [4.69, 9.17) is 21.1 Å². The molecule has 1 saturated heterocycles. The van der Waals surface area contributed by atoms with Gasteiger partial charge in [-0.25, -0.2) is 9.97 Å². The number of halogens is 1. The highest BCUT2D eigenvalue weighted by atomic mass is 35.5. The Labute approximate surface area is 125 Å². The van der Waals surface area contributed by atoms with Gasteiger partial charge in [-0.1, -0.05) is 11.6 Å². The number of aromatic nitrogens is 2. The number of nitrogens with zero attached hydrogens (tertiary/aromatic N) is 3. The number of likely N-dealkylation sites (N-methyl/N-ethyl adjacent to an activating group) is 1. The van der Waals surface area contributed by atoms with Gasteiger partial charge < -0.3 is 14.4 Å². The van der Waals surface area contributed by atoms with Crippen molar-refractivity contribution in [2.45, 2.75) is 39.4 Å². The number of hydrogen-bond donors (Lipinski definition) is 0. The van der Waals surface area contributed by atoms with Gasteiger partial charge in [-0.3, -0.25) is 0 Å². The second-order valence-electron chi connectivity index (χ2n) is 4.78. The number of hydrogen-bond acceptors (Lipinski definition) is 5. The predicted molar refractivity (Wildman–Crippen MR) is 79.2 cm³/mol. The normalized spacial score (nSPS) is 18.4. The second kappa shape index (κ2) is 7.76. The molecule has 5 nitrogen and oxygen atoms in total. The van der Waals surface area contributed by atoms with Crippen LogP contribution >= 0.6 is 11.6 Å². The lowest BCUT2D eigenvalue weighted by Crippen LogP contribution is -2.33. The van der Waals surface area contributed by atoms with Crippen LogP contribution < -0.4 is 4.90 Å². The SMILES string of the molecule is CCOCc1nc(Cl)cc(N(CC)CC2CCCO2)n1. The third-order valence-corrected chi connectivity index (χ3v) is 3.51. The molecule has 0 bridgehead atoms. The number of rotatable bonds is 7. The third-order valence-electron chi connectivity index (χ3n) is 3.32. The molecular weight excluding hydrogens is 278 g/mol. The average molecular weight is 300 g/mol. The zero-order valence-corrected chi connectivity index (χ0v) is 12.9. The van der Waals surface area contributed by atoms with Gasteiger partial charge in [-0.15, -0.1) is 0 Å². The van der Waals surface area contributed by atoms with E-state index in [-0.39, 0.29) is 0 Å². The van der Waals surface area contributed by atoms with Gasteiger partial charge in [0.15, 0.2) is 5.82 Å². The molecule has 1 aromatic heterocycles. The Morgan fingerprint density at radius 2 is 2.30 bits per heavy atom. The minimum absolute atomic E-state index is 0.291. The molecule has 2 heterocycles. The molecular formula is C14H22ClN3O2. The van der Waals surface area contributed by atoms with Crippen molar-refractivity contribution in [2.75, 3.05) is 31.2 Å². The Bertz CT molecular complexity index is 425. The van der Waals surface area contributed by atoms with Crippen LogP contribution in [-0.4, -0.2) is 42.4 Å². The molecule has 1 unspecified atom stereocenters. The molecule has 1 aliphatic heterocycles. The van der Waals surface area contributed by atoms with Crippen molar-refractivity contribution < 1.29 is 9.47 Å². The van der Waals surface area contributed by atoms with Gasteiger partial charge >= 0.3 is 0 Å². The van der Waals surface area contributed by atoms with Crippen LogP contribution in [0.2, 0.25) is 5.15 Å². The Kier molecular flexibility index (Phi) is 6.01. The second-order valence-corrected chi connectivity index (χ2v) is 5.16. The summed E-state index contributed by atoms with van der Waals surface area (Å²) < 4.78 is 11.0. The highest BCUT2D eigenvalue weighted by Gasteiger charge is 2.20. The first-order valence-electron chi connectivity index (χ1n) is 7.20. The average Bonchev–Trinajstić information content (AvgIpc) is 2.95. The Hall–Kier alpha value is -0.910. The van der Waals surface area contributed by atoms with E-state index < -0.39 is 0 Å². The number of ether oxygens (including phenoxy) is 2. The highest BCUT2D eigenvalue weighted by Crippen LogP contribution is 2.20. The topological polar surface area (TPSA) is 47.5 Å². The van der Waals surface area contributed by atoms with Crippen molar-refractivity contribution >= 4 is 17.4 Å². The molecule has 0 saturated carbocycles. The zero-order chi connectivity index (χ0) is 14.4. The molecule has 0 spiro atoms. The lowest BCUT2D eigenvalue weighted by Gasteiger charge is -2.25.